The van der Waals surface area contributed by atoms with Crippen LogP contribution in [0.5, 0.6) is 0 Å². The highest BCUT2D eigenvalue weighted by molar-refractivity contribution is 5.95. The zero-order valence-corrected chi connectivity index (χ0v) is 18.0. The molecular formula is C21H31N3O8. The maximum atomic E-state index is 12.2. The molecule has 178 valence electrons. The Bertz CT molecular complexity index is 746. The molecule has 3 heterocycles. The Morgan fingerprint density at radius 1 is 1.03 bits per heavy atom. The lowest BCUT2D eigenvalue weighted by Crippen LogP contribution is -2.44. The fraction of sp³-hybridized carbons (Fsp3) is 0.714. The molecule has 0 unspecified atom stereocenters. The summed E-state index contributed by atoms with van der Waals surface area (Å²) in [6.07, 6.45) is 3.31. The van der Waals surface area contributed by atoms with E-state index in [2.05, 4.69) is 0 Å². The Kier molecular flexibility index (Phi) is 9.30. The zero-order chi connectivity index (χ0) is 23.8. The van der Waals surface area contributed by atoms with Crippen LogP contribution in [0.15, 0.2) is 0 Å². The van der Waals surface area contributed by atoms with Crippen molar-refractivity contribution in [2.24, 2.45) is 11.7 Å². The monoisotopic (exact) mass is 453 g/mol. The van der Waals surface area contributed by atoms with Gasteiger partial charge >= 0.3 is 11.9 Å². The molecule has 3 aliphatic rings. The number of likely N-dealkylation sites (tertiary alicyclic amines) is 1. The average molecular weight is 453 g/mol. The van der Waals surface area contributed by atoms with E-state index < -0.39 is 23.9 Å². The number of carbonyl (C=O) groups is 6. The van der Waals surface area contributed by atoms with Crippen LogP contribution in [-0.2, 0) is 28.8 Å². The summed E-state index contributed by atoms with van der Waals surface area (Å²) in [6.45, 7) is 1.06. The van der Waals surface area contributed by atoms with Gasteiger partial charge in [-0.1, -0.05) is 0 Å². The fourth-order valence-corrected chi connectivity index (χ4v) is 4.45. The number of piperidine rings is 1. The number of aliphatic carboxylic acids is 2. The maximum absolute atomic E-state index is 12.2. The van der Waals surface area contributed by atoms with Gasteiger partial charge in [0.1, 0.15) is 0 Å². The van der Waals surface area contributed by atoms with Crippen molar-refractivity contribution in [2.75, 3.05) is 19.6 Å². The first-order valence-electron chi connectivity index (χ1n) is 10.9. The van der Waals surface area contributed by atoms with E-state index in [1.165, 1.54) is 4.90 Å². The summed E-state index contributed by atoms with van der Waals surface area (Å²) in [5, 5.41) is 17.6. The van der Waals surface area contributed by atoms with E-state index in [4.69, 9.17) is 15.9 Å². The van der Waals surface area contributed by atoms with Crippen LogP contribution in [0.3, 0.4) is 0 Å². The fourth-order valence-electron chi connectivity index (χ4n) is 4.45. The Balaban J connectivity index is 0.000000273. The second-order valence-corrected chi connectivity index (χ2v) is 8.30. The van der Waals surface area contributed by atoms with Gasteiger partial charge in [0.25, 0.3) is 0 Å². The van der Waals surface area contributed by atoms with Crippen molar-refractivity contribution in [2.45, 2.75) is 69.9 Å². The highest BCUT2D eigenvalue weighted by atomic mass is 16.4. The summed E-state index contributed by atoms with van der Waals surface area (Å²) in [6, 6.07) is -0.677. The van der Waals surface area contributed by atoms with Gasteiger partial charge in [-0.25, -0.2) is 0 Å². The zero-order valence-electron chi connectivity index (χ0n) is 18.0. The number of carbonyl (C=O) groups excluding carboxylic acids is 4. The smallest absolute Gasteiger partial charge is 0.306 e. The molecule has 3 rings (SSSR count). The van der Waals surface area contributed by atoms with Gasteiger partial charge in [0.15, 0.2) is 11.6 Å². The van der Waals surface area contributed by atoms with Crippen molar-refractivity contribution >= 4 is 35.3 Å². The molecule has 0 aromatic rings. The van der Waals surface area contributed by atoms with Gasteiger partial charge in [-0.05, 0) is 32.1 Å². The minimum Gasteiger partial charge on any atom is -0.481 e. The maximum Gasteiger partial charge on any atom is 0.306 e. The molecule has 11 nitrogen and oxygen atoms in total. The number of Topliss-reactive ketones (excluding diaryl/α,β-unsaturated/α-hetero) is 2. The Labute approximate surface area is 185 Å². The lowest BCUT2D eigenvalue weighted by atomic mass is 9.93. The van der Waals surface area contributed by atoms with Crippen molar-refractivity contribution < 1.29 is 39.0 Å². The molecule has 0 spiro atoms. The number of nitrogens with zero attached hydrogens (tertiary/aromatic N) is 2. The van der Waals surface area contributed by atoms with E-state index in [1.807, 2.05) is 0 Å². The number of carboxylic acid groups (broad SMARTS) is 2. The first kappa shape index (κ1) is 25.4. The van der Waals surface area contributed by atoms with Gasteiger partial charge in [-0.3, -0.25) is 28.8 Å². The van der Waals surface area contributed by atoms with Gasteiger partial charge < -0.3 is 25.7 Å². The number of amides is 2. The normalized spacial score (nSPS) is 23.3. The number of fused-ring (bicyclic) bond motifs is 1. The number of hydrogen-bond acceptors (Lipinski definition) is 7. The number of hydrogen-bond donors (Lipinski definition) is 3. The second kappa shape index (κ2) is 11.7. The van der Waals surface area contributed by atoms with Gasteiger partial charge in [0.2, 0.25) is 11.8 Å². The third kappa shape index (κ3) is 6.59. The predicted octanol–water partition coefficient (Wildman–Crippen LogP) is -0.199. The lowest BCUT2D eigenvalue weighted by Gasteiger charge is -2.27. The average Bonchev–Trinajstić information content (AvgIpc) is 3.43. The van der Waals surface area contributed by atoms with Crippen molar-refractivity contribution in [3.63, 3.8) is 0 Å². The SMILES string of the molecule is NCC(=O)N1CCC[C@H]1C(=O)C[C@@H](CCC(=O)O)C(=O)O.O=C1CCC(=O)N2CCC[C@@H]12. The molecule has 2 amide bonds. The van der Waals surface area contributed by atoms with Gasteiger partial charge in [-0.15, -0.1) is 0 Å². The summed E-state index contributed by atoms with van der Waals surface area (Å²) in [7, 11) is 0. The topological polar surface area (TPSA) is 175 Å². The molecule has 0 aromatic heterocycles. The van der Waals surface area contributed by atoms with Crippen molar-refractivity contribution in [3.05, 3.63) is 0 Å². The minimum atomic E-state index is -1.20. The third-order valence-electron chi connectivity index (χ3n) is 6.15. The molecule has 3 aliphatic heterocycles. The molecule has 3 atom stereocenters. The molecule has 0 aliphatic carbocycles. The molecule has 0 radical (unpaired) electrons. The van der Waals surface area contributed by atoms with Crippen molar-refractivity contribution in [1.29, 1.82) is 0 Å². The van der Waals surface area contributed by atoms with Crippen LogP contribution in [0.25, 0.3) is 0 Å². The number of ketones is 2. The lowest BCUT2D eigenvalue weighted by molar-refractivity contribution is -0.146. The molecule has 0 aromatic carbocycles. The number of nitrogens with two attached hydrogens (primary N) is 1. The number of carboxylic acids is 2. The first-order chi connectivity index (χ1) is 15.1. The van der Waals surface area contributed by atoms with Crippen LogP contribution >= 0.6 is 0 Å². The van der Waals surface area contributed by atoms with E-state index in [0.717, 1.165) is 19.4 Å². The molecule has 3 saturated heterocycles. The Hall–Kier alpha value is -2.82. The van der Waals surface area contributed by atoms with Crippen molar-refractivity contribution in [1.82, 2.24) is 9.80 Å². The van der Waals surface area contributed by atoms with E-state index in [0.29, 0.717) is 32.2 Å². The summed E-state index contributed by atoms with van der Waals surface area (Å²) in [5.41, 5.74) is 5.28. The molecule has 32 heavy (non-hydrogen) atoms. The molecule has 4 N–H and O–H groups in total. The second-order valence-electron chi connectivity index (χ2n) is 8.30. The summed E-state index contributed by atoms with van der Waals surface area (Å²) in [5.74, 6) is -3.57. The van der Waals surface area contributed by atoms with Crippen molar-refractivity contribution in [3.8, 4) is 0 Å². The molecule has 0 saturated carbocycles. The van der Waals surface area contributed by atoms with Gasteiger partial charge in [0, 0.05) is 38.8 Å². The first-order valence-corrected chi connectivity index (χ1v) is 10.9. The van der Waals surface area contributed by atoms with Crippen LogP contribution in [0.2, 0.25) is 0 Å². The standard InChI is InChI=1S/C13H20N2O6.C8H11NO2/c14-7-11(17)15-5-1-2-9(15)10(16)6-8(13(20)21)3-4-12(18)19;10-7-3-4-8(11)9-5-1-2-6(7)9/h8-9H,1-7,14H2,(H,18,19)(H,20,21);6H,1-5H2/t8-,9+;6-/m10/s1. The van der Waals surface area contributed by atoms with Gasteiger partial charge in [0.05, 0.1) is 24.5 Å². The van der Waals surface area contributed by atoms with Gasteiger partial charge in [-0.2, -0.15) is 0 Å². The molecule has 3 fully saturated rings. The van der Waals surface area contributed by atoms with Crippen LogP contribution in [-0.4, -0.2) is 87.1 Å². The highest BCUT2D eigenvalue weighted by Crippen LogP contribution is 2.25. The Morgan fingerprint density at radius 2 is 1.72 bits per heavy atom. The third-order valence-corrected chi connectivity index (χ3v) is 6.15. The van der Waals surface area contributed by atoms with E-state index >= 15 is 0 Å². The summed E-state index contributed by atoms with van der Waals surface area (Å²) >= 11 is 0. The van der Waals surface area contributed by atoms with Crippen LogP contribution in [0, 0.1) is 5.92 Å². The van der Waals surface area contributed by atoms with Crippen LogP contribution < -0.4 is 5.73 Å². The largest absolute Gasteiger partial charge is 0.481 e. The highest BCUT2D eigenvalue weighted by Gasteiger charge is 2.37. The quantitative estimate of drug-likeness (QED) is 0.449. The van der Waals surface area contributed by atoms with Crippen LogP contribution in [0.4, 0.5) is 0 Å². The Morgan fingerprint density at radius 3 is 2.31 bits per heavy atom. The van der Waals surface area contributed by atoms with E-state index in [9.17, 15) is 28.8 Å². The molecule has 11 heteroatoms. The van der Waals surface area contributed by atoms with E-state index in [1.54, 1.807) is 4.90 Å². The van der Waals surface area contributed by atoms with Crippen LogP contribution in [0.1, 0.15) is 57.8 Å². The summed E-state index contributed by atoms with van der Waals surface area (Å²) in [4.78, 5) is 71.0. The van der Waals surface area contributed by atoms with E-state index in [-0.39, 0.29) is 55.2 Å². The summed E-state index contributed by atoms with van der Waals surface area (Å²) < 4.78 is 0. The molecular weight excluding hydrogens is 422 g/mol. The predicted molar refractivity (Wildman–Crippen MR) is 110 cm³/mol. The number of rotatable bonds is 8. The molecule has 0 bridgehead atoms. The minimum absolute atomic E-state index is 0.0451.